The molecule has 0 aliphatic heterocycles. The lowest BCUT2D eigenvalue weighted by molar-refractivity contribution is -0.120. The molecule has 116 valence electrons. The van der Waals surface area contributed by atoms with Gasteiger partial charge in [-0.15, -0.1) is 0 Å². The van der Waals surface area contributed by atoms with Crippen LogP contribution in [0, 0.1) is 0 Å². The highest BCUT2D eigenvalue weighted by molar-refractivity contribution is 5.73. The molecule has 1 amide bonds. The van der Waals surface area contributed by atoms with Gasteiger partial charge in [-0.2, -0.15) is 0 Å². The van der Waals surface area contributed by atoms with E-state index in [4.69, 9.17) is 4.74 Å². The Bertz CT molecular complexity index is 235. The first-order valence-electron chi connectivity index (χ1n) is 7.53. The van der Waals surface area contributed by atoms with Crippen LogP contribution in [0.2, 0.25) is 0 Å². The molecule has 1 N–H and O–H groups in total. The van der Waals surface area contributed by atoms with Gasteiger partial charge in [-0.1, -0.05) is 33.6 Å². The van der Waals surface area contributed by atoms with Crippen LogP contribution in [0.15, 0.2) is 0 Å². The molecule has 0 heterocycles. The summed E-state index contributed by atoms with van der Waals surface area (Å²) in [5.41, 5.74) is -0.241. The summed E-state index contributed by atoms with van der Waals surface area (Å²) in [6.45, 7) is 16.9. The highest BCUT2D eigenvalue weighted by atomic mass is 16.5. The predicted octanol–water partition coefficient (Wildman–Crippen LogP) is 4.30. The Balaban J connectivity index is 0. The molecule has 0 bridgehead atoms. The van der Waals surface area contributed by atoms with Gasteiger partial charge in [-0.25, -0.2) is 0 Å². The second-order valence-electron chi connectivity index (χ2n) is 6.38. The molecule has 0 aromatic heterocycles. The molecular formula is C16H35NO2. The third kappa shape index (κ3) is 15.4. The zero-order chi connectivity index (χ0) is 15.5. The number of hydrogen-bond acceptors (Lipinski definition) is 2. The van der Waals surface area contributed by atoms with Gasteiger partial charge in [0.2, 0.25) is 5.91 Å². The van der Waals surface area contributed by atoms with Crippen molar-refractivity contribution in [2.45, 2.75) is 92.2 Å². The van der Waals surface area contributed by atoms with Crippen molar-refractivity contribution in [3.63, 3.8) is 0 Å². The fourth-order valence-electron chi connectivity index (χ4n) is 1.80. The molecule has 3 heteroatoms. The van der Waals surface area contributed by atoms with E-state index >= 15 is 0 Å². The number of amides is 1. The Morgan fingerprint density at radius 2 is 1.53 bits per heavy atom. The minimum absolute atomic E-state index is 0.0119. The van der Waals surface area contributed by atoms with Gasteiger partial charge in [0.25, 0.3) is 0 Å². The van der Waals surface area contributed by atoms with E-state index in [1.54, 1.807) is 6.92 Å². The normalized spacial score (nSPS) is 11.6. The van der Waals surface area contributed by atoms with Crippen molar-refractivity contribution in [3.05, 3.63) is 0 Å². The molecule has 0 rings (SSSR count). The molecule has 0 spiro atoms. The molecule has 0 radical (unpaired) electrons. The fraction of sp³-hybridized carbons (Fsp3) is 0.938. The van der Waals surface area contributed by atoms with Crippen molar-refractivity contribution < 1.29 is 9.53 Å². The Hall–Kier alpha value is -0.570. The first kappa shape index (κ1) is 20.7. The van der Waals surface area contributed by atoms with Crippen molar-refractivity contribution in [2.75, 3.05) is 6.61 Å². The lowest BCUT2D eigenvalue weighted by Crippen LogP contribution is -2.43. The standard InChI is InChI=1S/C13H27NO2.C3H8/c1-7-8-13(5,6)16-10-9-12(3,4)14-11(2)15;1-3-2/h7-10H2,1-6H3,(H,14,15);3H2,1-2H3. The van der Waals surface area contributed by atoms with Crippen LogP contribution in [0.1, 0.15) is 81.1 Å². The number of hydrogen-bond donors (Lipinski definition) is 1. The number of rotatable bonds is 7. The summed E-state index contributed by atoms with van der Waals surface area (Å²) >= 11 is 0. The van der Waals surface area contributed by atoms with Gasteiger partial charge < -0.3 is 10.1 Å². The molecule has 0 fully saturated rings. The maximum Gasteiger partial charge on any atom is 0.217 e. The third-order valence-corrected chi connectivity index (χ3v) is 2.59. The molecule has 0 aromatic carbocycles. The number of carbonyl (C=O) groups excluding carboxylic acids is 1. The number of carbonyl (C=O) groups is 1. The van der Waals surface area contributed by atoms with Crippen molar-refractivity contribution in [2.24, 2.45) is 0 Å². The summed E-state index contributed by atoms with van der Waals surface area (Å²) < 4.78 is 5.84. The Kier molecular flexibility index (Phi) is 11.2. The smallest absolute Gasteiger partial charge is 0.217 e. The highest BCUT2D eigenvalue weighted by Gasteiger charge is 2.21. The van der Waals surface area contributed by atoms with E-state index < -0.39 is 0 Å². The van der Waals surface area contributed by atoms with Gasteiger partial charge in [0.05, 0.1) is 5.60 Å². The highest BCUT2D eigenvalue weighted by Crippen LogP contribution is 2.18. The second-order valence-corrected chi connectivity index (χ2v) is 6.38. The Morgan fingerprint density at radius 3 is 1.89 bits per heavy atom. The van der Waals surface area contributed by atoms with Crippen LogP contribution in [0.25, 0.3) is 0 Å². The van der Waals surface area contributed by atoms with Crippen LogP contribution in [0.5, 0.6) is 0 Å². The van der Waals surface area contributed by atoms with E-state index in [0.29, 0.717) is 6.61 Å². The monoisotopic (exact) mass is 273 g/mol. The third-order valence-electron chi connectivity index (χ3n) is 2.59. The maximum atomic E-state index is 11.0. The summed E-state index contributed by atoms with van der Waals surface area (Å²) in [4.78, 5) is 11.0. The first-order valence-corrected chi connectivity index (χ1v) is 7.53. The van der Waals surface area contributed by atoms with Gasteiger partial charge in [0.1, 0.15) is 0 Å². The van der Waals surface area contributed by atoms with Crippen LogP contribution in [-0.4, -0.2) is 23.7 Å². The summed E-state index contributed by atoms with van der Waals surface area (Å²) in [5.74, 6) is 0.0119. The van der Waals surface area contributed by atoms with Crippen molar-refractivity contribution in [1.82, 2.24) is 5.32 Å². The van der Waals surface area contributed by atoms with E-state index in [2.05, 4.69) is 39.9 Å². The van der Waals surface area contributed by atoms with E-state index in [0.717, 1.165) is 19.3 Å². The molecule has 0 atom stereocenters. The van der Waals surface area contributed by atoms with Gasteiger partial charge in [-0.3, -0.25) is 4.79 Å². The Morgan fingerprint density at radius 1 is 1.05 bits per heavy atom. The molecule has 0 aliphatic carbocycles. The molecule has 0 aromatic rings. The maximum absolute atomic E-state index is 11.0. The summed E-state index contributed by atoms with van der Waals surface area (Å²) in [6.07, 6.45) is 4.27. The van der Waals surface area contributed by atoms with Crippen LogP contribution in [0.3, 0.4) is 0 Å². The van der Waals surface area contributed by atoms with Crippen molar-refractivity contribution >= 4 is 5.91 Å². The summed E-state index contributed by atoms with van der Waals surface area (Å²) in [7, 11) is 0. The van der Waals surface area contributed by atoms with Crippen molar-refractivity contribution in [3.8, 4) is 0 Å². The average Bonchev–Trinajstić information content (AvgIpc) is 2.14. The molecule has 0 unspecified atom stereocenters. The van der Waals surface area contributed by atoms with Gasteiger partial charge in [-0.05, 0) is 40.5 Å². The van der Waals surface area contributed by atoms with E-state index in [9.17, 15) is 4.79 Å². The molecule has 19 heavy (non-hydrogen) atoms. The van der Waals surface area contributed by atoms with Gasteiger partial charge in [0.15, 0.2) is 0 Å². The molecular weight excluding hydrogens is 238 g/mol. The number of ether oxygens (including phenoxy) is 1. The Labute approximate surface area is 120 Å². The first-order chi connectivity index (χ1) is 8.60. The molecule has 0 aliphatic rings. The zero-order valence-corrected chi connectivity index (χ0v) is 14.4. The lowest BCUT2D eigenvalue weighted by Gasteiger charge is -2.29. The average molecular weight is 273 g/mol. The van der Waals surface area contributed by atoms with Crippen LogP contribution < -0.4 is 5.32 Å². The quantitative estimate of drug-likeness (QED) is 0.751. The minimum Gasteiger partial charge on any atom is -0.375 e. The molecule has 0 saturated heterocycles. The summed E-state index contributed by atoms with van der Waals surface area (Å²) in [5, 5.41) is 2.92. The largest absolute Gasteiger partial charge is 0.375 e. The van der Waals surface area contributed by atoms with Crippen LogP contribution >= 0.6 is 0 Å². The SMILES string of the molecule is CCC.CCCC(C)(C)OCCC(C)(C)NC(C)=O. The van der Waals surface area contributed by atoms with Crippen LogP contribution in [0.4, 0.5) is 0 Å². The summed E-state index contributed by atoms with van der Waals surface area (Å²) in [6, 6.07) is 0. The van der Waals surface area contributed by atoms with Crippen LogP contribution in [-0.2, 0) is 9.53 Å². The van der Waals surface area contributed by atoms with E-state index in [1.165, 1.54) is 6.42 Å². The van der Waals surface area contributed by atoms with Gasteiger partial charge in [0, 0.05) is 19.1 Å². The second kappa shape index (κ2) is 10.2. The van der Waals surface area contributed by atoms with E-state index in [1.807, 2.05) is 13.8 Å². The minimum atomic E-state index is -0.186. The fourth-order valence-corrected chi connectivity index (χ4v) is 1.80. The topological polar surface area (TPSA) is 38.3 Å². The predicted molar refractivity (Wildman–Crippen MR) is 83.4 cm³/mol. The van der Waals surface area contributed by atoms with Gasteiger partial charge >= 0.3 is 0 Å². The van der Waals surface area contributed by atoms with Crippen molar-refractivity contribution in [1.29, 1.82) is 0 Å². The zero-order valence-electron chi connectivity index (χ0n) is 14.4. The molecule has 0 saturated carbocycles. The number of nitrogens with one attached hydrogen (secondary N) is 1. The lowest BCUT2D eigenvalue weighted by atomic mass is 10.00. The van der Waals surface area contributed by atoms with E-state index in [-0.39, 0.29) is 17.0 Å². The molecule has 3 nitrogen and oxygen atoms in total.